The SMILES string of the molecule is CC(C)c1nsc(NCc2ccccc2CN)n1. The standard InChI is InChI=1S/C13H18N4S/c1-9(2)12-16-13(18-17-12)15-8-11-6-4-3-5-10(11)7-14/h3-6,9H,7-8,14H2,1-2H3,(H,15,16,17). The van der Waals surface area contributed by atoms with E-state index < -0.39 is 0 Å². The minimum Gasteiger partial charge on any atom is -0.356 e. The summed E-state index contributed by atoms with van der Waals surface area (Å²) in [5.74, 6) is 1.27. The molecule has 3 N–H and O–H groups in total. The number of benzene rings is 1. The molecule has 5 heteroatoms. The Labute approximate surface area is 111 Å². The molecule has 2 aromatic rings. The van der Waals surface area contributed by atoms with Crippen molar-refractivity contribution in [2.45, 2.75) is 32.9 Å². The monoisotopic (exact) mass is 262 g/mol. The number of aromatic nitrogens is 2. The van der Waals surface area contributed by atoms with Crippen molar-refractivity contribution in [1.82, 2.24) is 9.36 Å². The van der Waals surface area contributed by atoms with E-state index in [0.717, 1.165) is 17.5 Å². The summed E-state index contributed by atoms with van der Waals surface area (Å²) < 4.78 is 4.31. The molecule has 1 heterocycles. The highest BCUT2D eigenvalue weighted by atomic mass is 32.1. The first kappa shape index (κ1) is 13.0. The highest BCUT2D eigenvalue weighted by Gasteiger charge is 2.07. The molecule has 0 saturated carbocycles. The van der Waals surface area contributed by atoms with E-state index in [-0.39, 0.29) is 0 Å². The van der Waals surface area contributed by atoms with Gasteiger partial charge in [-0.05, 0) is 11.1 Å². The first-order chi connectivity index (χ1) is 8.70. The van der Waals surface area contributed by atoms with Gasteiger partial charge in [0.15, 0.2) is 0 Å². The lowest BCUT2D eigenvalue weighted by Gasteiger charge is -2.07. The van der Waals surface area contributed by atoms with Crippen LogP contribution in [-0.4, -0.2) is 9.36 Å². The van der Waals surface area contributed by atoms with E-state index >= 15 is 0 Å². The summed E-state index contributed by atoms with van der Waals surface area (Å²) in [6, 6.07) is 8.17. The van der Waals surface area contributed by atoms with Crippen LogP contribution in [0.15, 0.2) is 24.3 Å². The maximum atomic E-state index is 5.71. The van der Waals surface area contributed by atoms with Gasteiger partial charge < -0.3 is 11.1 Å². The third kappa shape index (κ3) is 3.05. The van der Waals surface area contributed by atoms with E-state index in [0.29, 0.717) is 12.5 Å². The van der Waals surface area contributed by atoms with Crippen LogP contribution >= 0.6 is 11.5 Å². The van der Waals surface area contributed by atoms with E-state index in [1.54, 1.807) is 0 Å². The molecule has 0 unspecified atom stereocenters. The van der Waals surface area contributed by atoms with Crippen molar-refractivity contribution in [3.8, 4) is 0 Å². The summed E-state index contributed by atoms with van der Waals surface area (Å²) in [6.07, 6.45) is 0. The predicted molar refractivity (Wildman–Crippen MR) is 75.7 cm³/mol. The number of hydrogen-bond donors (Lipinski definition) is 2. The third-order valence-corrected chi connectivity index (χ3v) is 3.41. The number of nitrogens with one attached hydrogen (secondary N) is 1. The molecule has 0 radical (unpaired) electrons. The molecular formula is C13H18N4S. The molecule has 0 atom stereocenters. The van der Waals surface area contributed by atoms with Gasteiger partial charge in [0.05, 0.1) is 0 Å². The van der Waals surface area contributed by atoms with Crippen LogP contribution < -0.4 is 11.1 Å². The van der Waals surface area contributed by atoms with Gasteiger partial charge >= 0.3 is 0 Å². The highest BCUT2D eigenvalue weighted by Crippen LogP contribution is 2.18. The van der Waals surface area contributed by atoms with E-state index in [2.05, 4.69) is 40.7 Å². The molecule has 96 valence electrons. The summed E-state index contributed by atoms with van der Waals surface area (Å²) in [5, 5.41) is 4.17. The van der Waals surface area contributed by atoms with Crippen LogP contribution in [0.3, 0.4) is 0 Å². The molecule has 1 aromatic heterocycles. The van der Waals surface area contributed by atoms with Gasteiger partial charge in [0.2, 0.25) is 5.13 Å². The van der Waals surface area contributed by atoms with E-state index in [4.69, 9.17) is 5.73 Å². The predicted octanol–water partition coefficient (Wildman–Crippen LogP) is 2.73. The average Bonchev–Trinajstić information content (AvgIpc) is 2.85. The van der Waals surface area contributed by atoms with Gasteiger partial charge in [-0.25, -0.2) is 4.98 Å². The normalized spacial score (nSPS) is 10.9. The number of hydrogen-bond acceptors (Lipinski definition) is 5. The van der Waals surface area contributed by atoms with Gasteiger partial charge in [0, 0.05) is 30.5 Å². The van der Waals surface area contributed by atoms with Gasteiger partial charge in [0.1, 0.15) is 5.82 Å². The fraction of sp³-hybridized carbons (Fsp3) is 0.385. The molecule has 0 amide bonds. The second-order valence-corrected chi connectivity index (χ2v) is 5.19. The van der Waals surface area contributed by atoms with Crippen LogP contribution in [0.25, 0.3) is 0 Å². The van der Waals surface area contributed by atoms with Crippen LogP contribution in [0.5, 0.6) is 0 Å². The lowest BCUT2D eigenvalue weighted by atomic mass is 10.1. The van der Waals surface area contributed by atoms with Gasteiger partial charge in [-0.3, -0.25) is 0 Å². The average molecular weight is 262 g/mol. The Hall–Kier alpha value is -1.46. The number of nitrogens with zero attached hydrogens (tertiary/aromatic N) is 2. The molecule has 2 rings (SSSR count). The molecule has 0 fully saturated rings. The van der Waals surface area contributed by atoms with Crippen molar-refractivity contribution in [3.05, 3.63) is 41.2 Å². The number of rotatable bonds is 5. The molecule has 0 saturated heterocycles. The molecule has 18 heavy (non-hydrogen) atoms. The number of anilines is 1. The van der Waals surface area contributed by atoms with Crippen LogP contribution in [0.2, 0.25) is 0 Å². The third-order valence-electron chi connectivity index (χ3n) is 2.73. The van der Waals surface area contributed by atoms with Crippen molar-refractivity contribution in [2.75, 3.05) is 5.32 Å². The molecular weight excluding hydrogens is 244 g/mol. The molecule has 1 aromatic carbocycles. The Morgan fingerprint density at radius 1 is 1.28 bits per heavy atom. The first-order valence-electron chi connectivity index (χ1n) is 6.05. The zero-order valence-electron chi connectivity index (χ0n) is 10.7. The Kier molecular flexibility index (Phi) is 4.28. The van der Waals surface area contributed by atoms with Crippen molar-refractivity contribution in [3.63, 3.8) is 0 Å². The second-order valence-electron chi connectivity index (χ2n) is 4.44. The zero-order valence-corrected chi connectivity index (χ0v) is 11.5. The topological polar surface area (TPSA) is 63.8 Å². The smallest absolute Gasteiger partial charge is 0.202 e. The van der Waals surface area contributed by atoms with Crippen molar-refractivity contribution < 1.29 is 0 Å². The van der Waals surface area contributed by atoms with Gasteiger partial charge in [-0.1, -0.05) is 38.1 Å². The second kappa shape index (κ2) is 5.93. The fourth-order valence-corrected chi connectivity index (χ4v) is 2.34. The van der Waals surface area contributed by atoms with Gasteiger partial charge in [0.25, 0.3) is 0 Å². The molecule has 0 spiro atoms. The zero-order chi connectivity index (χ0) is 13.0. The van der Waals surface area contributed by atoms with Crippen LogP contribution in [0.4, 0.5) is 5.13 Å². The van der Waals surface area contributed by atoms with Crippen LogP contribution in [-0.2, 0) is 13.1 Å². The minimum absolute atomic E-state index is 0.369. The fourth-order valence-electron chi connectivity index (χ4n) is 1.64. The first-order valence-corrected chi connectivity index (χ1v) is 6.82. The van der Waals surface area contributed by atoms with Crippen molar-refractivity contribution >= 4 is 16.7 Å². The highest BCUT2D eigenvalue weighted by molar-refractivity contribution is 7.09. The Balaban J connectivity index is 2.02. The van der Waals surface area contributed by atoms with Crippen LogP contribution in [0, 0.1) is 0 Å². The molecule has 4 nitrogen and oxygen atoms in total. The molecule has 0 aliphatic carbocycles. The molecule has 0 aliphatic heterocycles. The summed E-state index contributed by atoms with van der Waals surface area (Å²) in [6.45, 7) is 5.48. The molecule has 0 bridgehead atoms. The number of nitrogens with two attached hydrogens (primary N) is 1. The van der Waals surface area contributed by atoms with E-state index in [1.807, 2.05) is 12.1 Å². The lowest BCUT2D eigenvalue weighted by molar-refractivity contribution is 0.799. The van der Waals surface area contributed by atoms with Crippen molar-refractivity contribution in [2.24, 2.45) is 5.73 Å². The summed E-state index contributed by atoms with van der Waals surface area (Å²) in [4.78, 5) is 4.45. The largest absolute Gasteiger partial charge is 0.356 e. The lowest BCUT2D eigenvalue weighted by Crippen LogP contribution is -2.06. The minimum atomic E-state index is 0.369. The van der Waals surface area contributed by atoms with Crippen LogP contribution in [0.1, 0.15) is 36.7 Å². The molecule has 0 aliphatic rings. The maximum absolute atomic E-state index is 5.71. The Bertz CT molecular complexity index is 507. The van der Waals surface area contributed by atoms with Gasteiger partial charge in [-0.15, -0.1) is 0 Å². The summed E-state index contributed by atoms with van der Waals surface area (Å²) in [5.41, 5.74) is 8.09. The van der Waals surface area contributed by atoms with Crippen molar-refractivity contribution in [1.29, 1.82) is 0 Å². The summed E-state index contributed by atoms with van der Waals surface area (Å²) >= 11 is 1.41. The van der Waals surface area contributed by atoms with E-state index in [1.165, 1.54) is 22.7 Å². The van der Waals surface area contributed by atoms with E-state index in [9.17, 15) is 0 Å². The Morgan fingerprint density at radius 3 is 2.61 bits per heavy atom. The quantitative estimate of drug-likeness (QED) is 0.869. The Morgan fingerprint density at radius 2 is 2.00 bits per heavy atom. The maximum Gasteiger partial charge on any atom is 0.202 e. The van der Waals surface area contributed by atoms with Gasteiger partial charge in [-0.2, -0.15) is 4.37 Å². The summed E-state index contributed by atoms with van der Waals surface area (Å²) in [7, 11) is 0.